The summed E-state index contributed by atoms with van der Waals surface area (Å²) in [4.78, 5) is 0. The zero-order valence-corrected chi connectivity index (χ0v) is 8.18. The maximum Gasteiger partial charge on any atom is 0.142 e. The van der Waals surface area contributed by atoms with Gasteiger partial charge in [0.1, 0.15) is 5.75 Å². The van der Waals surface area contributed by atoms with E-state index in [1.807, 2.05) is 13.0 Å². The van der Waals surface area contributed by atoms with Gasteiger partial charge in [-0.3, -0.25) is 4.21 Å². The average Bonchev–Trinajstić information content (AvgIpc) is 2.03. The molecule has 0 aliphatic rings. The smallest absolute Gasteiger partial charge is 0.142 e. The second-order valence-electron chi connectivity index (χ2n) is 2.54. The monoisotopic (exact) mass is 200 g/mol. The summed E-state index contributed by atoms with van der Waals surface area (Å²) >= 11 is -2.32. The van der Waals surface area contributed by atoms with Crippen LogP contribution in [0.25, 0.3) is 0 Å². The lowest BCUT2D eigenvalue weighted by atomic mass is 10.2. The molecule has 13 heavy (non-hydrogen) atoms. The number of rotatable bonds is 3. The predicted molar refractivity (Wildman–Crippen MR) is 50.3 cm³/mol. The molecule has 1 unspecified atom stereocenters. The molecule has 0 aromatic heterocycles. The first-order valence-electron chi connectivity index (χ1n) is 3.64. The Morgan fingerprint density at radius 1 is 1.54 bits per heavy atom. The van der Waals surface area contributed by atoms with Gasteiger partial charge in [0.05, 0.1) is 12.8 Å². The number of nitrogens with one attached hydrogen (secondary N) is 1. The van der Waals surface area contributed by atoms with E-state index in [-0.39, 0.29) is 0 Å². The van der Waals surface area contributed by atoms with E-state index >= 15 is 0 Å². The van der Waals surface area contributed by atoms with Gasteiger partial charge in [-0.25, -0.2) is 0 Å². The van der Waals surface area contributed by atoms with Crippen LogP contribution in [0.15, 0.2) is 18.2 Å². The highest BCUT2D eigenvalue weighted by molar-refractivity contribution is 7.80. The van der Waals surface area contributed by atoms with Crippen LogP contribution < -0.4 is 9.46 Å². The van der Waals surface area contributed by atoms with Crippen molar-refractivity contribution in [3.8, 4) is 5.75 Å². The number of hydrogen-bond donors (Lipinski definition) is 1. The molecular weight excluding hydrogens is 190 g/mol. The summed E-state index contributed by atoms with van der Waals surface area (Å²) in [5.41, 5.74) is 1.42. The Balaban J connectivity index is 3.01. The summed E-state index contributed by atoms with van der Waals surface area (Å²) in [7, 11) is 1.49. The zero-order valence-electron chi connectivity index (χ0n) is 7.37. The molecule has 72 valence electrons. The van der Waals surface area contributed by atoms with Crippen LogP contribution in [0, 0.1) is 6.92 Å². The molecule has 0 aliphatic heterocycles. The normalized spacial score (nSPS) is 12.2. The Morgan fingerprint density at radius 3 is 2.77 bits per heavy atom. The molecule has 1 aromatic carbocycles. The molecule has 0 saturated heterocycles. The van der Waals surface area contributed by atoms with Crippen molar-refractivity contribution < 1.29 is 13.5 Å². The van der Waals surface area contributed by atoms with Gasteiger partial charge in [-0.2, -0.15) is 0 Å². The minimum atomic E-state index is -2.32. The number of aryl methyl sites for hydroxylation is 1. The summed E-state index contributed by atoms with van der Waals surface area (Å²) in [6.07, 6.45) is 0. The van der Waals surface area contributed by atoms with Gasteiger partial charge in [0.2, 0.25) is 0 Å². The van der Waals surface area contributed by atoms with E-state index in [1.54, 1.807) is 12.1 Å². The molecule has 0 radical (unpaired) electrons. The molecule has 0 aliphatic carbocycles. The molecule has 0 saturated carbocycles. The van der Waals surface area contributed by atoms with E-state index in [0.717, 1.165) is 5.56 Å². The van der Waals surface area contributed by atoms with Crippen LogP contribution in [0.5, 0.6) is 5.75 Å². The standard InChI is InChI=1S/C8H11NO3S/c1-6-3-4-8(12-2)7(5-6)9-13(10)11/h3-5,9H,1-2H3,(H,10,11)/p-1. The van der Waals surface area contributed by atoms with Gasteiger partial charge in [-0.15, -0.1) is 0 Å². The summed E-state index contributed by atoms with van der Waals surface area (Å²) in [5, 5.41) is 0. The first-order chi connectivity index (χ1) is 6.13. The molecule has 0 bridgehead atoms. The Labute approximate surface area is 79.3 Å². The third kappa shape index (κ3) is 2.71. The summed E-state index contributed by atoms with van der Waals surface area (Å²) in [6, 6.07) is 5.26. The molecule has 5 heteroatoms. The molecule has 0 fully saturated rings. The molecule has 0 amide bonds. The van der Waals surface area contributed by atoms with E-state index in [9.17, 15) is 8.76 Å². The summed E-state index contributed by atoms with van der Waals surface area (Å²) in [5.74, 6) is 0.509. The highest BCUT2D eigenvalue weighted by Gasteiger charge is 2.01. The Bertz CT molecular complexity index is 327. The van der Waals surface area contributed by atoms with Crippen molar-refractivity contribution in [1.82, 2.24) is 0 Å². The van der Waals surface area contributed by atoms with Crippen LogP contribution in [-0.4, -0.2) is 15.9 Å². The molecule has 0 spiro atoms. The van der Waals surface area contributed by atoms with E-state index in [4.69, 9.17) is 4.74 Å². The number of hydrogen-bond acceptors (Lipinski definition) is 3. The highest BCUT2D eigenvalue weighted by atomic mass is 32.2. The van der Waals surface area contributed by atoms with E-state index in [1.165, 1.54) is 7.11 Å². The Hall–Kier alpha value is -1.07. The second kappa shape index (κ2) is 4.25. The van der Waals surface area contributed by atoms with Crippen molar-refractivity contribution in [2.75, 3.05) is 11.8 Å². The van der Waals surface area contributed by atoms with Gasteiger partial charge in [0, 0.05) is 11.3 Å². The lowest BCUT2D eigenvalue weighted by Gasteiger charge is -2.12. The molecule has 1 rings (SSSR count). The van der Waals surface area contributed by atoms with Crippen molar-refractivity contribution in [3.05, 3.63) is 23.8 Å². The fourth-order valence-corrected chi connectivity index (χ4v) is 1.33. The van der Waals surface area contributed by atoms with Gasteiger partial charge >= 0.3 is 0 Å². The van der Waals surface area contributed by atoms with Crippen molar-refractivity contribution in [2.24, 2.45) is 0 Å². The lowest BCUT2D eigenvalue weighted by molar-refractivity contribution is 0.416. The third-order valence-corrected chi connectivity index (χ3v) is 1.93. The minimum absolute atomic E-state index is 0.454. The van der Waals surface area contributed by atoms with Gasteiger partial charge < -0.3 is 14.0 Å². The minimum Gasteiger partial charge on any atom is -0.755 e. The molecular formula is C8H10NO3S-. The topological polar surface area (TPSA) is 61.4 Å². The van der Waals surface area contributed by atoms with Gasteiger partial charge in [-0.1, -0.05) is 6.07 Å². The van der Waals surface area contributed by atoms with Crippen molar-refractivity contribution in [2.45, 2.75) is 6.92 Å². The van der Waals surface area contributed by atoms with Gasteiger partial charge in [-0.05, 0) is 24.6 Å². The van der Waals surface area contributed by atoms with E-state index in [2.05, 4.69) is 4.72 Å². The largest absolute Gasteiger partial charge is 0.755 e. The van der Waals surface area contributed by atoms with Crippen LogP contribution in [0.1, 0.15) is 5.56 Å². The fourth-order valence-electron chi connectivity index (χ4n) is 0.991. The molecule has 1 N–H and O–H groups in total. The summed E-state index contributed by atoms with van der Waals surface area (Å²) in [6.45, 7) is 1.87. The zero-order chi connectivity index (χ0) is 9.84. The van der Waals surface area contributed by atoms with Crippen LogP contribution in [0.4, 0.5) is 5.69 Å². The van der Waals surface area contributed by atoms with Gasteiger partial charge in [0.15, 0.2) is 0 Å². The highest BCUT2D eigenvalue weighted by Crippen LogP contribution is 2.25. The first kappa shape index (κ1) is 10.0. The van der Waals surface area contributed by atoms with Gasteiger partial charge in [0.25, 0.3) is 0 Å². The van der Waals surface area contributed by atoms with E-state index in [0.29, 0.717) is 11.4 Å². The molecule has 4 nitrogen and oxygen atoms in total. The maximum atomic E-state index is 10.4. The number of methoxy groups -OCH3 is 1. The maximum absolute atomic E-state index is 10.4. The van der Waals surface area contributed by atoms with Crippen molar-refractivity contribution >= 4 is 17.0 Å². The predicted octanol–water partition coefficient (Wildman–Crippen LogP) is 1.21. The van der Waals surface area contributed by atoms with Crippen LogP contribution in [0.2, 0.25) is 0 Å². The van der Waals surface area contributed by atoms with Crippen LogP contribution in [0.3, 0.4) is 0 Å². The first-order valence-corrected chi connectivity index (χ1v) is 4.71. The average molecular weight is 200 g/mol. The van der Waals surface area contributed by atoms with E-state index < -0.39 is 11.3 Å². The number of ether oxygens (including phenoxy) is 1. The summed E-state index contributed by atoms with van der Waals surface area (Å²) < 4.78 is 28.0. The van der Waals surface area contributed by atoms with Crippen molar-refractivity contribution in [1.29, 1.82) is 0 Å². The SMILES string of the molecule is COc1ccc(C)cc1NS(=O)[O-]. The molecule has 1 atom stereocenters. The quantitative estimate of drug-likeness (QED) is 0.746. The third-order valence-electron chi connectivity index (χ3n) is 1.55. The van der Waals surface area contributed by atoms with Crippen molar-refractivity contribution in [3.63, 3.8) is 0 Å². The Morgan fingerprint density at radius 2 is 2.23 bits per heavy atom. The number of benzene rings is 1. The number of anilines is 1. The second-order valence-corrected chi connectivity index (χ2v) is 3.21. The fraction of sp³-hybridized carbons (Fsp3) is 0.250. The lowest BCUT2D eigenvalue weighted by Crippen LogP contribution is -2.04. The molecule has 0 heterocycles. The van der Waals surface area contributed by atoms with Crippen LogP contribution in [-0.2, 0) is 11.3 Å². The Kier molecular flexibility index (Phi) is 3.27. The van der Waals surface area contributed by atoms with Crippen LogP contribution >= 0.6 is 0 Å². The molecule has 1 aromatic rings.